The number of aromatic nitrogens is 3. The second-order valence-electron chi connectivity index (χ2n) is 5.25. The van der Waals surface area contributed by atoms with Crippen molar-refractivity contribution in [2.24, 2.45) is 0 Å². The Bertz CT molecular complexity index is 1020. The first-order chi connectivity index (χ1) is 11.8. The van der Waals surface area contributed by atoms with Crippen LogP contribution < -0.4 is 10.5 Å². The molecule has 0 bridgehead atoms. The Morgan fingerprint density at radius 1 is 0.792 bits per heavy atom. The number of benzene rings is 2. The van der Waals surface area contributed by atoms with Crippen molar-refractivity contribution in [3.8, 4) is 23.1 Å². The van der Waals surface area contributed by atoms with Crippen LogP contribution in [-0.2, 0) is 0 Å². The third kappa shape index (κ3) is 2.75. The van der Waals surface area contributed by atoms with Gasteiger partial charge in [-0.3, -0.25) is 0 Å². The maximum Gasteiger partial charge on any atom is 0.219 e. The van der Waals surface area contributed by atoms with Gasteiger partial charge in [-0.15, -0.1) is 0 Å². The van der Waals surface area contributed by atoms with Gasteiger partial charge < -0.3 is 10.5 Å². The summed E-state index contributed by atoms with van der Waals surface area (Å²) in [6, 6.07) is 20.6. The molecule has 0 aliphatic rings. The second-order valence-corrected chi connectivity index (χ2v) is 5.25. The van der Waals surface area contributed by atoms with Gasteiger partial charge in [0.1, 0.15) is 5.69 Å². The van der Waals surface area contributed by atoms with Crippen molar-refractivity contribution in [1.29, 1.82) is 0 Å². The quantitative estimate of drug-likeness (QED) is 0.577. The first-order valence-corrected chi connectivity index (χ1v) is 7.51. The number of nitrogens with zero attached hydrogens (tertiary/aromatic N) is 3. The summed E-state index contributed by atoms with van der Waals surface area (Å²) in [5, 5.41) is 0.991. The Hall–Kier alpha value is -3.47. The number of pyridine rings is 1. The van der Waals surface area contributed by atoms with Crippen LogP contribution in [-0.4, -0.2) is 15.0 Å². The fraction of sp³-hybridized carbons (Fsp3) is 0. The van der Waals surface area contributed by atoms with Gasteiger partial charge >= 0.3 is 0 Å². The van der Waals surface area contributed by atoms with Crippen molar-refractivity contribution in [2.75, 3.05) is 5.73 Å². The largest absolute Gasteiger partial charge is 0.437 e. The van der Waals surface area contributed by atoms with E-state index in [0.29, 0.717) is 28.8 Å². The van der Waals surface area contributed by atoms with Crippen LogP contribution in [0.15, 0.2) is 72.9 Å². The number of fused-ring (bicyclic) bond motifs is 1. The van der Waals surface area contributed by atoms with E-state index in [4.69, 9.17) is 10.5 Å². The molecule has 0 fully saturated rings. The molecule has 0 saturated heterocycles. The summed E-state index contributed by atoms with van der Waals surface area (Å²) in [4.78, 5) is 13.4. The molecule has 0 amide bonds. The molecular weight excluding hydrogens is 300 g/mol. The molecule has 0 aliphatic heterocycles. The average molecular weight is 314 g/mol. The van der Waals surface area contributed by atoms with E-state index in [0.717, 1.165) is 10.9 Å². The molecule has 2 aromatic carbocycles. The van der Waals surface area contributed by atoms with E-state index in [1.54, 1.807) is 24.4 Å². The van der Waals surface area contributed by atoms with E-state index in [1.165, 1.54) is 0 Å². The van der Waals surface area contributed by atoms with Crippen molar-refractivity contribution in [2.45, 2.75) is 0 Å². The first kappa shape index (κ1) is 14.1. The van der Waals surface area contributed by atoms with Crippen LogP contribution in [0.5, 0.6) is 11.6 Å². The molecule has 2 aromatic heterocycles. The highest BCUT2D eigenvalue weighted by molar-refractivity contribution is 5.79. The average Bonchev–Trinajstić information content (AvgIpc) is 2.63. The lowest BCUT2D eigenvalue weighted by Gasteiger charge is -2.08. The molecule has 2 N–H and O–H groups in total. The van der Waals surface area contributed by atoms with Crippen LogP contribution in [0.3, 0.4) is 0 Å². The summed E-state index contributed by atoms with van der Waals surface area (Å²) < 4.78 is 5.77. The number of hydrogen-bond acceptors (Lipinski definition) is 5. The van der Waals surface area contributed by atoms with Gasteiger partial charge in [0.05, 0.1) is 11.2 Å². The third-order valence-corrected chi connectivity index (χ3v) is 3.58. The normalized spacial score (nSPS) is 10.7. The zero-order valence-corrected chi connectivity index (χ0v) is 12.8. The van der Waals surface area contributed by atoms with Gasteiger partial charge in [0.2, 0.25) is 5.88 Å². The Kier molecular flexibility index (Phi) is 3.51. The van der Waals surface area contributed by atoms with Crippen molar-refractivity contribution < 1.29 is 4.74 Å². The molecule has 0 saturated carbocycles. The van der Waals surface area contributed by atoms with Gasteiger partial charge in [-0.2, -0.15) is 0 Å². The number of hydrogen-bond donors (Lipinski definition) is 1. The molecular formula is C19H14N4O. The molecule has 5 nitrogen and oxygen atoms in total. The number of anilines is 1. The molecule has 2 heterocycles. The molecule has 116 valence electrons. The number of nitrogen functional groups attached to an aromatic ring is 1. The number of ether oxygens (including phenoxy) is 1. The summed E-state index contributed by atoms with van der Waals surface area (Å²) in [6.45, 7) is 0. The minimum atomic E-state index is 0.446. The Balaban J connectivity index is 1.70. The molecule has 5 heteroatoms. The molecule has 0 radical (unpaired) electrons. The SMILES string of the molecule is Nc1ccccc1Oc1cccc(-c2ncc3ccccc3n2)n1. The van der Waals surface area contributed by atoms with E-state index >= 15 is 0 Å². The fourth-order valence-electron chi connectivity index (χ4n) is 2.38. The number of para-hydroxylation sites is 3. The molecule has 4 aromatic rings. The molecule has 0 unspecified atom stereocenters. The monoisotopic (exact) mass is 314 g/mol. The van der Waals surface area contributed by atoms with E-state index in [1.807, 2.05) is 48.5 Å². The highest BCUT2D eigenvalue weighted by Gasteiger charge is 2.08. The van der Waals surface area contributed by atoms with Crippen molar-refractivity contribution in [3.63, 3.8) is 0 Å². The van der Waals surface area contributed by atoms with Gasteiger partial charge in [0.25, 0.3) is 0 Å². The molecule has 0 aliphatic carbocycles. The Morgan fingerprint density at radius 3 is 2.54 bits per heavy atom. The lowest BCUT2D eigenvalue weighted by Crippen LogP contribution is -1.96. The van der Waals surface area contributed by atoms with Gasteiger partial charge in [0.15, 0.2) is 11.6 Å². The van der Waals surface area contributed by atoms with Crippen molar-refractivity contribution >= 4 is 16.6 Å². The van der Waals surface area contributed by atoms with Crippen LogP contribution in [0.4, 0.5) is 5.69 Å². The number of nitrogens with two attached hydrogens (primary N) is 1. The second kappa shape index (κ2) is 5.96. The standard InChI is InChI=1S/C19H14N4O/c20-14-7-2-4-10-17(14)24-18-11-5-9-16(22-18)19-21-12-13-6-1-3-8-15(13)23-19/h1-12H,20H2. The number of rotatable bonds is 3. The van der Waals surface area contributed by atoms with E-state index in [2.05, 4.69) is 15.0 Å². The third-order valence-electron chi connectivity index (χ3n) is 3.58. The minimum Gasteiger partial charge on any atom is -0.437 e. The predicted molar refractivity (Wildman–Crippen MR) is 93.7 cm³/mol. The lowest BCUT2D eigenvalue weighted by atomic mass is 10.2. The summed E-state index contributed by atoms with van der Waals surface area (Å²) >= 11 is 0. The smallest absolute Gasteiger partial charge is 0.219 e. The zero-order chi connectivity index (χ0) is 16.4. The molecule has 0 spiro atoms. The van der Waals surface area contributed by atoms with Crippen LogP contribution in [0.1, 0.15) is 0 Å². The highest BCUT2D eigenvalue weighted by Crippen LogP contribution is 2.27. The highest BCUT2D eigenvalue weighted by atomic mass is 16.5. The van der Waals surface area contributed by atoms with E-state index in [-0.39, 0.29) is 0 Å². The van der Waals surface area contributed by atoms with Crippen molar-refractivity contribution in [1.82, 2.24) is 15.0 Å². The van der Waals surface area contributed by atoms with E-state index < -0.39 is 0 Å². The van der Waals surface area contributed by atoms with Crippen LogP contribution in [0.2, 0.25) is 0 Å². The summed E-state index contributed by atoms with van der Waals surface area (Å²) in [5.74, 6) is 1.57. The zero-order valence-electron chi connectivity index (χ0n) is 12.8. The van der Waals surface area contributed by atoms with E-state index in [9.17, 15) is 0 Å². The van der Waals surface area contributed by atoms with Crippen LogP contribution in [0, 0.1) is 0 Å². The molecule has 4 rings (SSSR count). The maximum absolute atomic E-state index is 5.90. The van der Waals surface area contributed by atoms with Crippen molar-refractivity contribution in [3.05, 3.63) is 72.9 Å². The Morgan fingerprint density at radius 2 is 1.62 bits per heavy atom. The maximum atomic E-state index is 5.90. The van der Waals surface area contributed by atoms with Gasteiger partial charge in [-0.05, 0) is 24.3 Å². The fourth-order valence-corrected chi connectivity index (χ4v) is 2.38. The minimum absolute atomic E-state index is 0.446. The van der Waals surface area contributed by atoms with Gasteiger partial charge in [-0.25, -0.2) is 15.0 Å². The van der Waals surface area contributed by atoms with Gasteiger partial charge in [-0.1, -0.05) is 36.4 Å². The topological polar surface area (TPSA) is 73.9 Å². The lowest BCUT2D eigenvalue weighted by molar-refractivity contribution is 0.466. The van der Waals surface area contributed by atoms with Gasteiger partial charge in [0, 0.05) is 17.6 Å². The Labute approximate surface area is 138 Å². The summed E-state index contributed by atoms with van der Waals surface area (Å²) in [6.07, 6.45) is 1.79. The summed E-state index contributed by atoms with van der Waals surface area (Å²) in [5.41, 5.74) is 7.99. The first-order valence-electron chi connectivity index (χ1n) is 7.51. The van der Waals surface area contributed by atoms with Crippen LogP contribution >= 0.6 is 0 Å². The van der Waals surface area contributed by atoms with Crippen LogP contribution in [0.25, 0.3) is 22.4 Å². The predicted octanol–water partition coefficient (Wildman–Crippen LogP) is 4.07. The molecule has 0 atom stereocenters. The summed E-state index contributed by atoms with van der Waals surface area (Å²) in [7, 11) is 0. The molecule has 24 heavy (non-hydrogen) atoms.